The van der Waals surface area contributed by atoms with Crippen LogP contribution in [0.3, 0.4) is 0 Å². The van der Waals surface area contributed by atoms with Crippen LogP contribution in [-0.2, 0) is 7.05 Å². The van der Waals surface area contributed by atoms with Gasteiger partial charge in [0.05, 0.1) is 23.1 Å². The quantitative estimate of drug-likeness (QED) is 0.868. The highest BCUT2D eigenvalue weighted by molar-refractivity contribution is 5.56. The molecule has 5 heteroatoms. The van der Waals surface area contributed by atoms with E-state index in [9.17, 15) is 5.11 Å². The van der Waals surface area contributed by atoms with Crippen LogP contribution in [0.2, 0.25) is 0 Å². The first-order chi connectivity index (χ1) is 9.06. The van der Waals surface area contributed by atoms with Crippen LogP contribution in [0.1, 0.15) is 23.0 Å². The number of nitrogens with one attached hydrogen (secondary N) is 1. The van der Waals surface area contributed by atoms with Crippen LogP contribution in [-0.4, -0.2) is 21.5 Å². The molecule has 2 N–H and O–H groups in total. The number of hydrogen-bond acceptors (Lipinski definition) is 4. The summed E-state index contributed by atoms with van der Waals surface area (Å²) in [6, 6.07) is 5.33. The molecule has 0 saturated carbocycles. The number of aryl methyl sites for hydroxylation is 2. The number of aromatic hydroxyl groups is 1. The predicted molar refractivity (Wildman–Crippen MR) is 72.6 cm³/mol. The van der Waals surface area contributed by atoms with E-state index in [4.69, 9.17) is 4.74 Å². The Kier molecular flexibility index (Phi) is 2.62. The van der Waals surface area contributed by atoms with Gasteiger partial charge in [-0.25, -0.2) is 0 Å². The molecular weight excluding hydrogens is 242 g/mol. The number of benzene rings is 1. The Balaban J connectivity index is 1.91. The first-order valence-corrected chi connectivity index (χ1v) is 6.28. The van der Waals surface area contributed by atoms with E-state index in [1.165, 1.54) is 0 Å². The highest BCUT2D eigenvalue weighted by Gasteiger charge is 2.26. The smallest absolute Gasteiger partial charge is 0.128 e. The molecule has 2 heterocycles. The standard InChI is InChI=1S/C14H17N3O2/c1-8-14(9(2)17(3)16-8)15-12-7-19-13-6-10(18)4-5-11(12)13/h4-6,12,15,18H,7H2,1-3H3. The van der Waals surface area contributed by atoms with Gasteiger partial charge in [-0.3, -0.25) is 4.68 Å². The maximum Gasteiger partial charge on any atom is 0.128 e. The van der Waals surface area contributed by atoms with Gasteiger partial charge in [0.25, 0.3) is 0 Å². The third-order valence-corrected chi connectivity index (χ3v) is 3.61. The van der Waals surface area contributed by atoms with Crippen molar-refractivity contribution in [3.63, 3.8) is 0 Å². The fraction of sp³-hybridized carbons (Fsp3) is 0.357. The minimum absolute atomic E-state index is 0.0946. The van der Waals surface area contributed by atoms with E-state index in [-0.39, 0.29) is 11.8 Å². The molecule has 0 amide bonds. The van der Waals surface area contributed by atoms with Gasteiger partial charge in [-0.1, -0.05) is 0 Å². The van der Waals surface area contributed by atoms with Gasteiger partial charge in [0, 0.05) is 18.7 Å². The minimum atomic E-state index is 0.0946. The van der Waals surface area contributed by atoms with Gasteiger partial charge < -0.3 is 15.2 Å². The zero-order valence-corrected chi connectivity index (χ0v) is 11.3. The molecule has 100 valence electrons. The van der Waals surface area contributed by atoms with Crippen molar-refractivity contribution in [2.75, 3.05) is 11.9 Å². The van der Waals surface area contributed by atoms with Crippen molar-refractivity contribution in [1.82, 2.24) is 9.78 Å². The number of ether oxygens (including phenoxy) is 1. The molecule has 5 nitrogen and oxygen atoms in total. The monoisotopic (exact) mass is 259 g/mol. The van der Waals surface area contributed by atoms with Crippen LogP contribution in [0.5, 0.6) is 11.5 Å². The van der Waals surface area contributed by atoms with Crippen LogP contribution in [0, 0.1) is 13.8 Å². The number of aromatic nitrogens is 2. The Bertz CT molecular complexity index is 634. The number of anilines is 1. The highest BCUT2D eigenvalue weighted by atomic mass is 16.5. The number of phenols is 1. The van der Waals surface area contributed by atoms with Crippen LogP contribution in [0.4, 0.5) is 5.69 Å². The molecule has 0 radical (unpaired) electrons. The number of fused-ring (bicyclic) bond motifs is 1. The van der Waals surface area contributed by atoms with E-state index in [2.05, 4.69) is 10.4 Å². The Morgan fingerprint density at radius 2 is 2.21 bits per heavy atom. The first-order valence-electron chi connectivity index (χ1n) is 6.28. The third kappa shape index (κ3) is 1.91. The lowest BCUT2D eigenvalue weighted by Crippen LogP contribution is -2.13. The van der Waals surface area contributed by atoms with Crippen molar-refractivity contribution < 1.29 is 9.84 Å². The van der Waals surface area contributed by atoms with Gasteiger partial charge in [-0.15, -0.1) is 0 Å². The fourth-order valence-electron chi connectivity index (χ4n) is 2.47. The van der Waals surface area contributed by atoms with Crippen molar-refractivity contribution >= 4 is 5.69 Å². The Labute approximate surface area is 111 Å². The van der Waals surface area contributed by atoms with Crippen LogP contribution < -0.4 is 10.1 Å². The average molecular weight is 259 g/mol. The van der Waals surface area contributed by atoms with Gasteiger partial charge >= 0.3 is 0 Å². The largest absolute Gasteiger partial charge is 0.508 e. The molecule has 1 aliphatic rings. The van der Waals surface area contributed by atoms with E-state index >= 15 is 0 Å². The zero-order chi connectivity index (χ0) is 13.6. The van der Waals surface area contributed by atoms with Crippen LogP contribution in [0.15, 0.2) is 18.2 Å². The molecule has 0 aliphatic carbocycles. The topological polar surface area (TPSA) is 59.3 Å². The second kappa shape index (κ2) is 4.19. The summed E-state index contributed by atoms with van der Waals surface area (Å²) < 4.78 is 7.47. The maximum atomic E-state index is 9.45. The fourth-order valence-corrected chi connectivity index (χ4v) is 2.47. The predicted octanol–water partition coefficient (Wildman–Crippen LogP) is 2.29. The summed E-state index contributed by atoms with van der Waals surface area (Å²) in [6.45, 7) is 4.59. The summed E-state index contributed by atoms with van der Waals surface area (Å²) in [4.78, 5) is 0. The molecule has 0 saturated heterocycles. The van der Waals surface area contributed by atoms with Crippen molar-refractivity contribution in [3.05, 3.63) is 35.2 Å². The molecule has 1 unspecified atom stereocenters. The molecule has 0 bridgehead atoms. The van der Waals surface area contributed by atoms with E-state index in [0.29, 0.717) is 6.61 Å². The lowest BCUT2D eigenvalue weighted by atomic mass is 10.1. The molecular formula is C14H17N3O2. The molecule has 19 heavy (non-hydrogen) atoms. The van der Waals surface area contributed by atoms with Crippen molar-refractivity contribution in [2.45, 2.75) is 19.9 Å². The van der Waals surface area contributed by atoms with E-state index in [0.717, 1.165) is 28.4 Å². The molecule has 1 atom stereocenters. The van der Waals surface area contributed by atoms with Gasteiger partial charge in [0.1, 0.15) is 18.1 Å². The molecule has 1 aromatic heterocycles. The number of phenolic OH excluding ortho intramolecular Hbond substituents is 1. The molecule has 1 aliphatic heterocycles. The number of nitrogens with zero attached hydrogens (tertiary/aromatic N) is 2. The van der Waals surface area contributed by atoms with E-state index in [1.807, 2.05) is 31.6 Å². The Morgan fingerprint density at radius 3 is 2.89 bits per heavy atom. The summed E-state index contributed by atoms with van der Waals surface area (Å²) in [5.74, 6) is 0.977. The minimum Gasteiger partial charge on any atom is -0.508 e. The first kappa shape index (κ1) is 11.9. The molecule has 0 spiro atoms. The zero-order valence-electron chi connectivity index (χ0n) is 11.3. The number of hydrogen-bond donors (Lipinski definition) is 2. The van der Waals surface area contributed by atoms with Gasteiger partial charge in [-0.2, -0.15) is 5.10 Å². The summed E-state index contributed by atoms with van der Waals surface area (Å²) in [5.41, 5.74) is 4.20. The number of rotatable bonds is 2. The summed E-state index contributed by atoms with van der Waals surface area (Å²) in [7, 11) is 1.94. The van der Waals surface area contributed by atoms with Crippen molar-refractivity contribution in [2.24, 2.45) is 7.05 Å². The van der Waals surface area contributed by atoms with E-state index < -0.39 is 0 Å². The lowest BCUT2D eigenvalue weighted by molar-refractivity contribution is 0.338. The van der Waals surface area contributed by atoms with Crippen LogP contribution >= 0.6 is 0 Å². The second-order valence-corrected chi connectivity index (χ2v) is 4.90. The summed E-state index contributed by atoms with van der Waals surface area (Å²) >= 11 is 0. The molecule has 3 rings (SSSR count). The average Bonchev–Trinajstić information content (AvgIpc) is 2.86. The highest BCUT2D eigenvalue weighted by Crippen LogP contribution is 2.37. The van der Waals surface area contributed by atoms with Crippen LogP contribution in [0.25, 0.3) is 0 Å². The van der Waals surface area contributed by atoms with Gasteiger partial charge in [0.2, 0.25) is 0 Å². The van der Waals surface area contributed by atoms with Gasteiger partial charge in [0.15, 0.2) is 0 Å². The molecule has 0 fully saturated rings. The normalized spacial score (nSPS) is 17.1. The Morgan fingerprint density at radius 1 is 1.42 bits per heavy atom. The second-order valence-electron chi connectivity index (χ2n) is 4.90. The molecule has 1 aromatic carbocycles. The third-order valence-electron chi connectivity index (χ3n) is 3.61. The van der Waals surface area contributed by atoms with Gasteiger partial charge in [-0.05, 0) is 26.0 Å². The maximum absolute atomic E-state index is 9.45. The Hall–Kier alpha value is -2.17. The van der Waals surface area contributed by atoms with E-state index in [1.54, 1.807) is 12.1 Å². The lowest BCUT2D eigenvalue weighted by Gasteiger charge is -2.13. The molecule has 2 aromatic rings. The summed E-state index contributed by atoms with van der Waals surface area (Å²) in [5, 5.41) is 17.3. The van der Waals surface area contributed by atoms with Crippen molar-refractivity contribution in [3.8, 4) is 11.5 Å². The SMILES string of the molecule is Cc1nn(C)c(C)c1NC1COc2cc(O)ccc21. The summed E-state index contributed by atoms with van der Waals surface area (Å²) in [6.07, 6.45) is 0. The van der Waals surface area contributed by atoms with Crippen molar-refractivity contribution in [1.29, 1.82) is 0 Å².